The van der Waals surface area contributed by atoms with Crippen LogP contribution in [0.3, 0.4) is 0 Å². The zero-order valence-electron chi connectivity index (χ0n) is 12.3. The van der Waals surface area contributed by atoms with E-state index < -0.39 is 0 Å². The highest BCUT2D eigenvalue weighted by atomic mass is 16.5. The summed E-state index contributed by atoms with van der Waals surface area (Å²) in [4.78, 5) is 14.0. The van der Waals surface area contributed by atoms with Crippen LogP contribution in [0.25, 0.3) is 0 Å². The van der Waals surface area contributed by atoms with E-state index in [1.165, 1.54) is 0 Å². The van der Waals surface area contributed by atoms with E-state index in [9.17, 15) is 4.79 Å². The van der Waals surface area contributed by atoms with Gasteiger partial charge in [-0.05, 0) is 44.7 Å². The van der Waals surface area contributed by atoms with Gasteiger partial charge in [-0.1, -0.05) is 6.92 Å². The van der Waals surface area contributed by atoms with Gasteiger partial charge in [0.2, 0.25) is 5.91 Å². The lowest BCUT2D eigenvalue weighted by Crippen LogP contribution is -2.37. The SMILES string of the molecule is CCOc1ccc(N(C)C(=O)C(CC)CNC)cc1. The average Bonchev–Trinajstić information content (AvgIpc) is 2.44. The highest BCUT2D eigenvalue weighted by Crippen LogP contribution is 2.20. The van der Waals surface area contributed by atoms with Gasteiger partial charge in [-0.15, -0.1) is 0 Å². The van der Waals surface area contributed by atoms with Crippen LogP contribution < -0.4 is 15.0 Å². The van der Waals surface area contributed by atoms with Crippen molar-refractivity contribution in [1.29, 1.82) is 0 Å². The van der Waals surface area contributed by atoms with Crippen LogP contribution in [0.5, 0.6) is 5.75 Å². The predicted octanol–water partition coefficient (Wildman–Crippen LogP) is 2.29. The number of hydrogen-bond acceptors (Lipinski definition) is 3. The predicted molar refractivity (Wildman–Crippen MR) is 78.7 cm³/mol. The summed E-state index contributed by atoms with van der Waals surface area (Å²) in [6.07, 6.45) is 0.834. The molecule has 1 N–H and O–H groups in total. The Morgan fingerprint density at radius 2 is 1.95 bits per heavy atom. The molecule has 1 atom stereocenters. The summed E-state index contributed by atoms with van der Waals surface area (Å²) < 4.78 is 5.39. The molecule has 0 radical (unpaired) electrons. The molecule has 4 nitrogen and oxygen atoms in total. The molecule has 0 aliphatic rings. The van der Waals surface area contributed by atoms with Gasteiger partial charge in [-0.3, -0.25) is 4.79 Å². The third kappa shape index (κ3) is 4.24. The molecule has 4 heteroatoms. The number of anilines is 1. The fourth-order valence-electron chi connectivity index (χ4n) is 1.99. The number of carbonyl (C=O) groups excluding carboxylic acids is 1. The van der Waals surface area contributed by atoms with E-state index >= 15 is 0 Å². The van der Waals surface area contributed by atoms with Crippen LogP contribution in [-0.4, -0.2) is 33.2 Å². The molecule has 0 aromatic heterocycles. The zero-order valence-corrected chi connectivity index (χ0v) is 12.3. The van der Waals surface area contributed by atoms with Crippen LogP contribution in [0.15, 0.2) is 24.3 Å². The highest BCUT2D eigenvalue weighted by molar-refractivity contribution is 5.94. The molecule has 1 rings (SSSR count). The van der Waals surface area contributed by atoms with Crippen molar-refractivity contribution in [2.75, 3.05) is 32.1 Å². The molecule has 19 heavy (non-hydrogen) atoms. The Morgan fingerprint density at radius 1 is 1.32 bits per heavy atom. The van der Waals surface area contributed by atoms with Gasteiger partial charge in [0.15, 0.2) is 0 Å². The van der Waals surface area contributed by atoms with Crippen LogP contribution in [0, 0.1) is 5.92 Å². The van der Waals surface area contributed by atoms with E-state index in [1.54, 1.807) is 4.90 Å². The van der Waals surface area contributed by atoms with Gasteiger partial charge in [-0.25, -0.2) is 0 Å². The van der Waals surface area contributed by atoms with E-state index in [0.717, 1.165) is 17.9 Å². The second kappa shape index (κ2) is 7.79. The fraction of sp³-hybridized carbons (Fsp3) is 0.533. The van der Waals surface area contributed by atoms with Crippen LogP contribution >= 0.6 is 0 Å². The number of amides is 1. The molecule has 106 valence electrons. The van der Waals surface area contributed by atoms with Crippen LogP contribution in [0.1, 0.15) is 20.3 Å². The molecule has 0 aliphatic heterocycles. The Balaban J connectivity index is 2.75. The Bertz CT molecular complexity index is 390. The van der Waals surface area contributed by atoms with Crippen LogP contribution in [0.4, 0.5) is 5.69 Å². The van der Waals surface area contributed by atoms with Gasteiger partial charge in [0.1, 0.15) is 5.75 Å². The van der Waals surface area contributed by atoms with Crippen molar-refractivity contribution < 1.29 is 9.53 Å². The normalized spacial score (nSPS) is 12.0. The molecule has 1 unspecified atom stereocenters. The van der Waals surface area contributed by atoms with Crippen molar-refractivity contribution in [2.24, 2.45) is 5.92 Å². The maximum atomic E-state index is 12.3. The number of nitrogens with one attached hydrogen (secondary N) is 1. The number of nitrogens with zero attached hydrogens (tertiary/aromatic N) is 1. The third-order valence-electron chi connectivity index (χ3n) is 3.16. The lowest BCUT2D eigenvalue weighted by atomic mass is 10.0. The largest absolute Gasteiger partial charge is 0.494 e. The van der Waals surface area contributed by atoms with Gasteiger partial charge in [0, 0.05) is 19.3 Å². The minimum atomic E-state index is 0.0153. The first kappa shape index (κ1) is 15.5. The summed E-state index contributed by atoms with van der Waals surface area (Å²) in [5.74, 6) is 0.983. The maximum absolute atomic E-state index is 12.3. The van der Waals surface area contributed by atoms with Gasteiger partial charge in [-0.2, -0.15) is 0 Å². The number of hydrogen-bond donors (Lipinski definition) is 1. The van der Waals surface area contributed by atoms with Crippen molar-refractivity contribution in [1.82, 2.24) is 5.32 Å². The second-order valence-corrected chi connectivity index (χ2v) is 4.49. The van der Waals surface area contributed by atoms with Crippen molar-refractivity contribution >= 4 is 11.6 Å². The van der Waals surface area contributed by atoms with Crippen molar-refractivity contribution in [3.63, 3.8) is 0 Å². The first-order valence-corrected chi connectivity index (χ1v) is 6.79. The first-order valence-electron chi connectivity index (χ1n) is 6.79. The van der Waals surface area contributed by atoms with Crippen molar-refractivity contribution in [3.05, 3.63) is 24.3 Å². The monoisotopic (exact) mass is 264 g/mol. The Morgan fingerprint density at radius 3 is 2.42 bits per heavy atom. The number of carbonyl (C=O) groups is 1. The van der Waals surface area contributed by atoms with Crippen molar-refractivity contribution in [2.45, 2.75) is 20.3 Å². The number of rotatable bonds is 7. The summed E-state index contributed by atoms with van der Waals surface area (Å²) in [6, 6.07) is 7.60. The zero-order chi connectivity index (χ0) is 14.3. The van der Waals surface area contributed by atoms with Gasteiger partial charge in [0.25, 0.3) is 0 Å². The fourth-order valence-corrected chi connectivity index (χ4v) is 1.99. The van der Waals surface area contributed by atoms with E-state index in [1.807, 2.05) is 52.2 Å². The molecular weight excluding hydrogens is 240 g/mol. The average molecular weight is 264 g/mol. The first-order chi connectivity index (χ1) is 9.13. The van der Waals surface area contributed by atoms with E-state index in [4.69, 9.17) is 4.74 Å². The molecule has 1 aromatic carbocycles. The lowest BCUT2D eigenvalue weighted by Gasteiger charge is -2.23. The minimum absolute atomic E-state index is 0.0153. The van der Waals surface area contributed by atoms with Crippen LogP contribution in [0.2, 0.25) is 0 Å². The molecule has 1 aromatic rings. The molecule has 0 spiro atoms. The summed E-state index contributed by atoms with van der Waals surface area (Å²) >= 11 is 0. The summed E-state index contributed by atoms with van der Waals surface area (Å²) in [6.45, 7) is 5.34. The molecule has 1 amide bonds. The lowest BCUT2D eigenvalue weighted by molar-refractivity contribution is -0.122. The number of ether oxygens (including phenoxy) is 1. The molecule has 0 aliphatic carbocycles. The van der Waals surface area contributed by atoms with E-state index in [2.05, 4.69) is 5.32 Å². The topological polar surface area (TPSA) is 41.6 Å². The molecular formula is C15H24N2O2. The molecule has 0 bridgehead atoms. The standard InChI is InChI=1S/C15H24N2O2/c1-5-12(11-16-3)15(18)17(4)13-7-9-14(10-8-13)19-6-2/h7-10,12,16H,5-6,11H2,1-4H3. The van der Waals surface area contributed by atoms with Gasteiger partial charge >= 0.3 is 0 Å². The summed E-state index contributed by atoms with van der Waals surface area (Å²) in [5, 5.41) is 3.06. The van der Waals surface area contributed by atoms with E-state index in [-0.39, 0.29) is 11.8 Å². The highest BCUT2D eigenvalue weighted by Gasteiger charge is 2.20. The molecule has 0 heterocycles. The third-order valence-corrected chi connectivity index (χ3v) is 3.16. The van der Waals surface area contributed by atoms with Crippen LogP contribution in [-0.2, 0) is 4.79 Å². The molecule has 0 saturated heterocycles. The quantitative estimate of drug-likeness (QED) is 0.821. The Kier molecular flexibility index (Phi) is 6.36. The van der Waals surface area contributed by atoms with Crippen molar-refractivity contribution in [3.8, 4) is 5.75 Å². The Hall–Kier alpha value is -1.55. The molecule has 0 fully saturated rings. The number of benzene rings is 1. The summed E-state index contributed by atoms with van der Waals surface area (Å²) in [7, 11) is 3.68. The molecule has 0 saturated carbocycles. The summed E-state index contributed by atoms with van der Waals surface area (Å²) in [5.41, 5.74) is 0.892. The Labute approximate surface area is 115 Å². The van der Waals surface area contributed by atoms with E-state index in [0.29, 0.717) is 13.2 Å². The second-order valence-electron chi connectivity index (χ2n) is 4.49. The van der Waals surface area contributed by atoms with Gasteiger partial charge in [0.05, 0.1) is 12.5 Å². The minimum Gasteiger partial charge on any atom is -0.494 e. The van der Waals surface area contributed by atoms with Gasteiger partial charge < -0.3 is 15.0 Å². The maximum Gasteiger partial charge on any atom is 0.231 e. The smallest absolute Gasteiger partial charge is 0.231 e.